The summed E-state index contributed by atoms with van der Waals surface area (Å²) in [6.07, 6.45) is 1.52. The molecule has 196 valence electrons. The summed E-state index contributed by atoms with van der Waals surface area (Å²) in [5, 5.41) is 5.01. The first-order chi connectivity index (χ1) is 18.1. The summed E-state index contributed by atoms with van der Waals surface area (Å²) in [4.78, 5) is 12.9. The second kappa shape index (κ2) is 11.4. The van der Waals surface area contributed by atoms with Crippen LogP contribution in [-0.2, 0) is 14.8 Å². The van der Waals surface area contributed by atoms with Crippen LogP contribution in [0.2, 0.25) is 10.0 Å². The van der Waals surface area contributed by atoms with Gasteiger partial charge < -0.3 is 4.57 Å². The lowest BCUT2D eigenvalue weighted by molar-refractivity contribution is -0.119. The number of hydrazone groups is 1. The highest BCUT2D eigenvalue weighted by molar-refractivity contribution is 7.92. The maximum Gasteiger partial charge on any atom is 0.264 e. The quantitative estimate of drug-likeness (QED) is 0.207. The number of carbonyl (C=O) groups excluding carboxylic acids is 1. The van der Waals surface area contributed by atoms with E-state index < -0.39 is 22.5 Å². The molecule has 0 fully saturated rings. The van der Waals surface area contributed by atoms with E-state index in [-0.39, 0.29) is 4.90 Å². The minimum atomic E-state index is -3.99. The van der Waals surface area contributed by atoms with Crippen molar-refractivity contribution < 1.29 is 13.2 Å². The number of benzene rings is 3. The summed E-state index contributed by atoms with van der Waals surface area (Å²) in [5.74, 6) is -0.584. The standard InChI is InChI=1S/C28H26Cl2N4O3S/c1-19-9-11-23(12-10-19)33(38(36,37)25-7-5-4-6-8-25)18-28(35)32-31-17-22-15-20(2)34(21(22)3)24-13-14-26(29)27(30)16-24/h4-17H,18H2,1-3H3,(H,32,35)/b31-17+. The van der Waals surface area contributed by atoms with E-state index in [0.29, 0.717) is 15.7 Å². The zero-order chi connectivity index (χ0) is 27.4. The molecule has 1 aromatic heterocycles. The normalized spacial score (nSPS) is 11.6. The van der Waals surface area contributed by atoms with E-state index in [0.717, 1.165) is 32.5 Å². The molecule has 1 N–H and O–H groups in total. The number of nitrogens with zero attached hydrogens (tertiary/aromatic N) is 3. The third-order valence-corrected chi connectivity index (χ3v) is 8.49. The number of nitrogens with one attached hydrogen (secondary N) is 1. The van der Waals surface area contributed by atoms with Gasteiger partial charge in [0.25, 0.3) is 15.9 Å². The Morgan fingerprint density at radius 1 is 0.947 bits per heavy atom. The third kappa shape index (κ3) is 5.93. The Labute approximate surface area is 232 Å². The van der Waals surface area contributed by atoms with Gasteiger partial charge in [-0.1, -0.05) is 59.1 Å². The first kappa shape index (κ1) is 27.4. The van der Waals surface area contributed by atoms with Crippen LogP contribution in [0.1, 0.15) is 22.5 Å². The van der Waals surface area contributed by atoms with Gasteiger partial charge in [-0.25, -0.2) is 13.8 Å². The van der Waals surface area contributed by atoms with Gasteiger partial charge in [-0.15, -0.1) is 0 Å². The van der Waals surface area contributed by atoms with Crippen LogP contribution in [0.5, 0.6) is 0 Å². The number of carbonyl (C=O) groups is 1. The molecule has 1 heterocycles. The molecule has 0 radical (unpaired) electrons. The molecule has 38 heavy (non-hydrogen) atoms. The molecule has 0 atom stereocenters. The first-order valence-corrected chi connectivity index (χ1v) is 13.9. The number of aryl methyl sites for hydroxylation is 2. The maximum atomic E-state index is 13.4. The van der Waals surface area contributed by atoms with Gasteiger partial charge in [0.2, 0.25) is 0 Å². The van der Waals surface area contributed by atoms with Crippen LogP contribution in [0.3, 0.4) is 0 Å². The van der Waals surface area contributed by atoms with E-state index in [4.69, 9.17) is 23.2 Å². The summed E-state index contributed by atoms with van der Waals surface area (Å²) in [6.45, 7) is 5.32. The Balaban J connectivity index is 1.54. The largest absolute Gasteiger partial charge is 0.318 e. The van der Waals surface area contributed by atoms with E-state index in [9.17, 15) is 13.2 Å². The molecule has 0 spiro atoms. The van der Waals surface area contributed by atoms with Gasteiger partial charge in [0.15, 0.2) is 0 Å². The summed E-state index contributed by atoms with van der Waals surface area (Å²) in [7, 11) is -3.99. The Kier molecular flexibility index (Phi) is 8.26. The molecule has 0 saturated carbocycles. The Morgan fingerprint density at radius 2 is 1.63 bits per heavy atom. The number of hydrogen-bond donors (Lipinski definition) is 1. The van der Waals surface area contributed by atoms with Crippen molar-refractivity contribution in [2.75, 3.05) is 10.8 Å². The van der Waals surface area contributed by atoms with Crippen molar-refractivity contribution in [2.24, 2.45) is 5.10 Å². The third-order valence-electron chi connectivity index (χ3n) is 5.96. The van der Waals surface area contributed by atoms with Gasteiger partial charge in [0.1, 0.15) is 6.54 Å². The van der Waals surface area contributed by atoms with Gasteiger partial charge in [0.05, 0.1) is 26.8 Å². The Morgan fingerprint density at radius 3 is 2.29 bits per heavy atom. The van der Waals surface area contributed by atoms with Gasteiger partial charge in [-0.3, -0.25) is 9.10 Å². The van der Waals surface area contributed by atoms with Crippen molar-refractivity contribution in [1.29, 1.82) is 0 Å². The average Bonchev–Trinajstić information content (AvgIpc) is 3.18. The molecule has 1 amide bonds. The molecule has 0 bridgehead atoms. The summed E-state index contributed by atoms with van der Waals surface area (Å²) in [5.41, 5.74) is 7.25. The van der Waals surface area contributed by atoms with Gasteiger partial charge in [-0.2, -0.15) is 5.10 Å². The van der Waals surface area contributed by atoms with Crippen LogP contribution in [0.4, 0.5) is 5.69 Å². The van der Waals surface area contributed by atoms with Crippen LogP contribution in [0.25, 0.3) is 5.69 Å². The Bertz CT molecular complexity index is 1600. The molecule has 0 unspecified atom stereocenters. The van der Waals surface area contributed by atoms with E-state index in [2.05, 4.69) is 10.5 Å². The van der Waals surface area contributed by atoms with Crippen LogP contribution >= 0.6 is 23.2 Å². The number of rotatable bonds is 8. The summed E-state index contributed by atoms with van der Waals surface area (Å²) in [6, 6.07) is 22.2. The maximum absolute atomic E-state index is 13.4. The number of anilines is 1. The highest BCUT2D eigenvalue weighted by Gasteiger charge is 2.27. The van der Waals surface area contributed by atoms with E-state index in [1.807, 2.05) is 37.5 Å². The number of aromatic nitrogens is 1. The molecule has 0 aliphatic carbocycles. The fourth-order valence-corrected chi connectivity index (χ4v) is 5.76. The van der Waals surface area contributed by atoms with Crippen LogP contribution in [0.15, 0.2) is 88.9 Å². The van der Waals surface area contributed by atoms with E-state index in [1.165, 1.54) is 18.3 Å². The molecule has 0 aliphatic heterocycles. The lowest BCUT2D eigenvalue weighted by Gasteiger charge is -2.23. The lowest BCUT2D eigenvalue weighted by Crippen LogP contribution is -2.39. The van der Waals surface area contributed by atoms with Crippen molar-refractivity contribution in [3.8, 4) is 5.69 Å². The van der Waals surface area contributed by atoms with Crippen molar-refractivity contribution in [3.63, 3.8) is 0 Å². The SMILES string of the molecule is Cc1ccc(N(CC(=O)N/N=C/c2cc(C)n(-c3ccc(Cl)c(Cl)c3)c2C)S(=O)(=O)c2ccccc2)cc1. The predicted molar refractivity (Wildman–Crippen MR) is 153 cm³/mol. The number of hydrogen-bond acceptors (Lipinski definition) is 4. The van der Waals surface area contributed by atoms with Gasteiger partial charge in [-0.05, 0) is 69.3 Å². The smallest absolute Gasteiger partial charge is 0.264 e. The summed E-state index contributed by atoms with van der Waals surface area (Å²) < 4.78 is 29.9. The second-order valence-electron chi connectivity index (χ2n) is 8.71. The highest BCUT2D eigenvalue weighted by atomic mass is 35.5. The van der Waals surface area contributed by atoms with Gasteiger partial charge in [0, 0.05) is 22.6 Å². The first-order valence-electron chi connectivity index (χ1n) is 11.7. The van der Waals surface area contributed by atoms with Crippen molar-refractivity contribution >= 4 is 51.0 Å². The Hall–Kier alpha value is -3.59. The fraction of sp³-hybridized carbons (Fsp3) is 0.143. The monoisotopic (exact) mass is 568 g/mol. The number of amides is 1. The van der Waals surface area contributed by atoms with Crippen LogP contribution in [0, 0.1) is 20.8 Å². The second-order valence-corrected chi connectivity index (χ2v) is 11.4. The topological polar surface area (TPSA) is 83.8 Å². The molecular weight excluding hydrogens is 543 g/mol. The molecule has 3 aromatic carbocycles. The van der Waals surface area contributed by atoms with Crippen molar-refractivity contribution in [1.82, 2.24) is 9.99 Å². The van der Waals surface area contributed by atoms with Crippen molar-refractivity contribution in [3.05, 3.63) is 111 Å². The zero-order valence-electron chi connectivity index (χ0n) is 21.0. The molecule has 4 rings (SSSR count). The molecule has 10 heteroatoms. The molecule has 4 aromatic rings. The minimum Gasteiger partial charge on any atom is -0.318 e. The number of halogens is 2. The predicted octanol–water partition coefficient (Wildman–Crippen LogP) is 6.05. The van der Waals surface area contributed by atoms with E-state index >= 15 is 0 Å². The van der Waals surface area contributed by atoms with Crippen molar-refractivity contribution in [2.45, 2.75) is 25.7 Å². The lowest BCUT2D eigenvalue weighted by atomic mass is 10.2. The molecule has 0 saturated heterocycles. The van der Waals surface area contributed by atoms with E-state index in [1.54, 1.807) is 54.6 Å². The summed E-state index contributed by atoms with van der Waals surface area (Å²) >= 11 is 12.2. The zero-order valence-corrected chi connectivity index (χ0v) is 23.3. The molecule has 7 nitrogen and oxygen atoms in total. The highest BCUT2D eigenvalue weighted by Crippen LogP contribution is 2.27. The molecular formula is C28H26Cl2N4O3S. The molecule has 0 aliphatic rings. The number of sulfonamides is 1. The minimum absolute atomic E-state index is 0.0895. The van der Waals surface area contributed by atoms with Gasteiger partial charge >= 0.3 is 0 Å². The fourth-order valence-electron chi connectivity index (χ4n) is 4.03. The van der Waals surface area contributed by atoms with Crippen LogP contribution in [-0.4, -0.2) is 31.7 Å². The van der Waals surface area contributed by atoms with Crippen LogP contribution < -0.4 is 9.73 Å². The average molecular weight is 570 g/mol.